The molecule has 0 radical (unpaired) electrons. The zero-order valence-electron chi connectivity index (χ0n) is 10.8. The van der Waals surface area contributed by atoms with Crippen molar-refractivity contribution in [2.24, 2.45) is 5.73 Å². The summed E-state index contributed by atoms with van der Waals surface area (Å²) in [6.07, 6.45) is 0. The van der Waals surface area contributed by atoms with Gasteiger partial charge in [-0.1, -0.05) is 12.1 Å². The van der Waals surface area contributed by atoms with Crippen LogP contribution >= 0.6 is 0 Å². The summed E-state index contributed by atoms with van der Waals surface area (Å²) in [4.78, 5) is 4.44. The Morgan fingerprint density at radius 1 is 1.06 bits per heavy atom. The molecule has 3 heteroatoms. The third-order valence-corrected chi connectivity index (χ3v) is 2.74. The quantitative estimate of drug-likeness (QED) is 0.821. The Labute approximate surface area is 98.8 Å². The zero-order valence-corrected chi connectivity index (χ0v) is 10.8. The van der Waals surface area contributed by atoms with Gasteiger partial charge in [-0.05, 0) is 38.7 Å². The molecule has 1 atom stereocenters. The van der Waals surface area contributed by atoms with Gasteiger partial charge in [-0.2, -0.15) is 0 Å². The molecule has 16 heavy (non-hydrogen) atoms. The van der Waals surface area contributed by atoms with Crippen LogP contribution in [0.2, 0.25) is 0 Å². The van der Waals surface area contributed by atoms with Crippen LogP contribution in [0.3, 0.4) is 0 Å². The highest BCUT2D eigenvalue weighted by molar-refractivity contribution is 5.47. The van der Waals surface area contributed by atoms with Crippen LogP contribution in [0.4, 0.5) is 5.69 Å². The number of hydrogen-bond donors (Lipinski definition) is 1. The first kappa shape index (κ1) is 13.0. The molecule has 0 fully saturated rings. The van der Waals surface area contributed by atoms with Gasteiger partial charge < -0.3 is 15.5 Å². The van der Waals surface area contributed by atoms with E-state index in [1.54, 1.807) is 0 Å². The Balaban J connectivity index is 2.59. The molecule has 0 saturated carbocycles. The van der Waals surface area contributed by atoms with E-state index in [-0.39, 0.29) is 6.04 Å². The SMILES string of the molecule is C[C@H](N)c1ccc(N(C)CCN(C)C)cc1. The first-order valence-electron chi connectivity index (χ1n) is 5.72. The van der Waals surface area contributed by atoms with Crippen molar-refractivity contribution < 1.29 is 0 Å². The topological polar surface area (TPSA) is 32.5 Å². The lowest BCUT2D eigenvalue weighted by Crippen LogP contribution is -2.28. The second kappa shape index (κ2) is 5.87. The fraction of sp³-hybridized carbons (Fsp3) is 0.538. The van der Waals surface area contributed by atoms with Crippen molar-refractivity contribution in [3.8, 4) is 0 Å². The maximum Gasteiger partial charge on any atom is 0.0364 e. The number of likely N-dealkylation sites (N-methyl/N-ethyl adjacent to an activating group) is 2. The standard InChI is InChI=1S/C13H23N3/c1-11(14)12-5-7-13(8-6-12)16(4)10-9-15(2)3/h5-8,11H,9-10,14H2,1-4H3/t11-/m0/s1. The lowest BCUT2D eigenvalue weighted by atomic mass is 10.1. The molecule has 0 heterocycles. The highest BCUT2D eigenvalue weighted by Gasteiger charge is 2.03. The van der Waals surface area contributed by atoms with Crippen molar-refractivity contribution in [1.82, 2.24) is 4.90 Å². The maximum absolute atomic E-state index is 5.82. The van der Waals surface area contributed by atoms with Gasteiger partial charge in [-0.3, -0.25) is 0 Å². The van der Waals surface area contributed by atoms with Crippen LogP contribution in [0.25, 0.3) is 0 Å². The number of rotatable bonds is 5. The van der Waals surface area contributed by atoms with Gasteiger partial charge in [0.1, 0.15) is 0 Å². The van der Waals surface area contributed by atoms with Crippen LogP contribution in [-0.2, 0) is 0 Å². The predicted molar refractivity (Wildman–Crippen MR) is 70.9 cm³/mol. The molecule has 1 aromatic carbocycles. The lowest BCUT2D eigenvalue weighted by molar-refractivity contribution is 0.416. The molecule has 1 aromatic rings. The van der Waals surface area contributed by atoms with Crippen molar-refractivity contribution in [3.63, 3.8) is 0 Å². The maximum atomic E-state index is 5.82. The average molecular weight is 221 g/mol. The highest BCUT2D eigenvalue weighted by Crippen LogP contribution is 2.16. The van der Waals surface area contributed by atoms with Gasteiger partial charge in [0.15, 0.2) is 0 Å². The predicted octanol–water partition coefficient (Wildman–Crippen LogP) is 1.70. The smallest absolute Gasteiger partial charge is 0.0364 e. The number of nitrogens with zero attached hydrogens (tertiary/aromatic N) is 2. The van der Waals surface area contributed by atoms with E-state index < -0.39 is 0 Å². The van der Waals surface area contributed by atoms with Crippen LogP contribution in [0.1, 0.15) is 18.5 Å². The molecule has 90 valence electrons. The van der Waals surface area contributed by atoms with Crippen molar-refractivity contribution in [3.05, 3.63) is 29.8 Å². The lowest BCUT2D eigenvalue weighted by Gasteiger charge is -2.22. The highest BCUT2D eigenvalue weighted by atomic mass is 15.1. The fourth-order valence-electron chi connectivity index (χ4n) is 1.51. The summed E-state index contributed by atoms with van der Waals surface area (Å²) < 4.78 is 0. The molecule has 2 N–H and O–H groups in total. The van der Waals surface area contributed by atoms with Crippen LogP contribution in [0.5, 0.6) is 0 Å². The summed E-state index contributed by atoms with van der Waals surface area (Å²) in [6, 6.07) is 8.59. The van der Waals surface area contributed by atoms with Crippen LogP contribution in [-0.4, -0.2) is 39.1 Å². The van der Waals surface area contributed by atoms with E-state index in [1.807, 2.05) is 6.92 Å². The molecule has 0 bridgehead atoms. The number of anilines is 1. The van der Waals surface area contributed by atoms with E-state index in [9.17, 15) is 0 Å². The first-order valence-corrected chi connectivity index (χ1v) is 5.72. The van der Waals surface area contributed by atoms with E-state index in [0.717, 1.165) is 13.1 Å². The summed E-state index contributed by atoms with van der Waals surface area (Å²) in [5.74, 6) is 0. The Hall–Kier alpha value is -1.06. The van der Waals surface area contributed by atoms with Gasteiger partial charge in [0.05, 0.1) is 0 Å². The molecular weight excluding hydrogens is 198 g/mol. The molecule has 0 spiro atoms. The summed E-state index contributed by atoms with van der Waals surface area (Å²) in [5, 5.41) is 0. The van der Waals surface area contributed by atoms with Gasteiger partial charge in [0.2, 0.25) is 0 Å². The fourth-order valence-corrected chi connectivity index (χ4v) is 1.51. The third-order valence-electron chi connectivity index (χ3n) is 2.74. The molecule has 0 aromatic heterocycles. The number of hydrogen-bond acceptors (Lipinski definition) is 3. The Morgan fingerprint density at radius 3 is 2.06 bits per heavy atom. The van der Waals surface area contributed by atoms with E-state index in [2.05, 4.69) is 55.2 Å². The normalized spacial score (nSPS) is 12.9. The largest absolute Gasteiger partial charge is 0.373 e. The van der Waals surface area contributed by atoms with Gasteiger partial charge in [-0.25, -0.2) is 0 Å². The van der Waals surface area contributed by atoms with Crippen molar-refractivity contribution >= 4 is 5.69 Å². The minimum atomic E-state index is 0.112. The van der Waals surface area contributed by atoms with Gasteiger partial charge in [-0.15, -0.1) is 0 Å². The molecule has 0 unspecified atom stereocenters. The molecule has 0 amide bonds. The molecule has 0 aliphatic rings. The second-order valence-corrected chi connectivity index (χ2v) is 4.61. The number of benzene rings is 1. The molecule has 0 aliphatic heterocycles. The monoisotopic (exact) mass is 221 g/mol. The molecule has 3 nitrogen and oxygen atoms in total. The van der Waals surface area contributed by atoms with Crippen LogP contribution in [0, 0.1) is 0 Å². The minimum absolute atomic E-state index is 0.112. The van der Waals surface area contributed by atoms with E-state index in [4.69, 9.17) is 5.73 Å². The summed E-state index contributed by atoms with van der Waals surface area (Å²) in [5.41, 5.74) is 8.24. The molecule has 1 rings (SSSR count). The number of nitrogens with two attached hydrogens (primary N) is 1. The summed E-state index contributed by atoms with van der Waals surface area (Å²) in [7, 11) is 6.30. The van der Waals surface area contributed by atoms with Crippen molar-refractivity contribution in [1.29, 1.82) is 0 Å². The minimum Gasteiger partial charge on any atom is -0.373 e. The van der Waals surface area contributed by atoms with Crippen molar-refractivity contribution in [2.75, 3.05) is 39.1 Å². The van der Waals surface area contributed by atoms with Crippen LogP contribution < -0.4 is 10.6 Å². The van der Waals surface area contributed by atoms with Gasteiger partial charge in [0, 0.05) is 31.9 Å². The Kier molecular flexibility index (Phi) is 4.77. The summed E-state index contributed by atoms with van der Waals surface area (Å²) in [6.45, 7) is 4.10. The average Bonchev–Trinajstić information content (AvgIpc) is 2.26. The molecule has 0 aliphatic carbocycles. The Morgan fingerprint density at radius 2 is 1.62 bits per heavy atom. The Bertz CT molecular complexity index is 303. The van der Waals surface area contributed by atoms with E-state index in [0.29, 0.717) is 0 Å². The zero-order chi connectivity index (χ0) is 12.1. The van der Waals surface area contributed by atoms with Crippen LogP contribution in [0.15, 0.2) is 24.3 Å². The second-order valence-electron chi connectivity index (χ2n) is 4.61. The van der Waals surface area contributed by atoms with Gasteiger partial charge in [0.25, 0.3) is 0 Å². The first-order chi connectivity index (χ1) is 7.50. The third kappa shape index (κ3) is 3.83. The van der Waals surface area contributed by atoms with E-state index >= 15 is 0 Å². The van der Waals surface area contributed by atoms with Crippen molar-refractivity contribution in [2.45, 2.75) is 13.0 Å². The molecular formula is C13H23N3. The molecule has 0 saturated heterocycles. The van der Waals surface area contributed by atoms with E-state index in [1.165, 1.54) is 11.3 Å². The van der Waals surface area contributed by atoms with Gasteiger partial charge >= 0.3 is 0 Å². The summed E-state index contributed by atoms with van der Waals surface area (Å²) >= 11 is 0.